The van der Waals surface area contributed by atoms with Gasteiger partial charge < -0.3 is 8.98 Å². The first-order valence-electron chi connectivity index (χ1n) is 17.6. The highest BCUT2D eigenvalue weighted by molar-refractivity contribution is 9.10. The van der Waals surface area contributed by atoms with E-state index in [1.54, 1.807) is 23.4 Å². The van der Waals surface area contributed by atoms with E-state index in [0.717, 1.165) is 65.9 Å². The number of rotatable bonds is 9. The molecule has 4 heterocycles. The van der Waals surface area contributed by atoms with Crippen molar-refractivity contribution in [2.75, 3.05) is 0 Å². The second kappa shape index (κ2) is 13.7. The smallest absolute Gasteiger partial charge is 0.205 e. The molecule has 1 aliphatic heterocycles. The van der Waals surface area contributed by atoms with Gasteiger partial charge in [-0.2, -0.15) is 5.26 Å². The number of aryl methyl sites for hydroxylation is 1. The fraction of sp³-hybridized carbons (Fsp3) is 0.0909. The molecule has 2 aliphatic rings. The van der Waals surface area contributed by atoms with E-state index in [1.165, 1.54) is 0 Å². The highest BCUT2D eigenvalue weighted by Crippen LogP contribution is 2.49. The molecular formula is C44H31BrN8O. The van der Waals surface area contributed by atoms with Gasteiger partial charge in [-0.15, -0.1) is 15.0 Å². The molecule has 9 nitrogen and oxygen atoms in total. The summed E-state index contributed by atoms with van der Waals surface area (Å²) in [6.07, 6.45) is 4.14. The third-order valence-corrected chi connectivity index (χ3v) is 10.8. The fourth-order valence-electron chi connectivity index (χ4n) is 7.60. The fourth-order valence-corrected chi connectivity index (χ4v) is 8.36. The van der Waals surface area contributed by atoms with Crippen molar-refractivity contribution in [3.05, 3.63) is 184 Å². The summed E-state index contributed by atoms with van der Waals surface area (Å²) in [5, 5.41) is 24.6. The third kappa shape index (κ3) is 5.32. The Morgan fingerprint density at radius 3 is 1.98 bits per heavy atom. The van der Waals surface area contributed by atoms with E-state index in [-0.39, 0.29) is 0 Å². The second-order valence-corrected chi connectivity index (χ2v) is 13.7. The van der Waals surface area contributed by atoms with E-state index in [1.807, 2.05) is 84.9 Å². The molecule has 0 saturated heterocycles. The molecule has 0 radical (unpaired) electrons. The normalized spacial score (nSPS) is 11.6. The Morgan fingerprint density at radius 2 is 1.35 bits per heavy atom. The van der Waals surface area contributed by atoms with Crippen LogP contribution < -0.4 is 0 Å². The van der Waals surface area contributed by atoms with Crippen molar-refractivity contribution in [1.29, 1.82) is 5.26 Å². The lowest BCUT2D eigenvalue weighted by Gasteiger charge is -2.34. The van der Waals surface area contributed by atoms with E-state index in [4.69, 9.17) is 29.8 Å². The van der Waals surface area contributed by atoms with Crippen LogP contribution in [-0.2, 0) is 18.5 Å². The van der Waals surface area contributed by atoms with Crippen LogP contribution in [0.15, 0.2) is 155 Å². The van der Waals surface area contributed by atoms with E-state index >= 15 is 0 Å². The average molecular weight is 768 g/mol. The molecule has 7 aromatic rings. The van der Waals surface area contributed by atoms with Crippen molar-refractivity contribution in [3.63, 3.8) is 0 Å². The number of hydrogen-bond acceptors (Lipinski definition) is 7. The molecule has 0 fully saturated rings. The van der Waals surface area contributed by atoms with E-state index in [9.17, 15) is 5.26 Å². The number of pyridine rings is 1. The minimum absolute atomic E-state index is 0.343. The number of hydrogen-bond donors (Lipinski definition) is 0. The first kappa shape index (κ1) is 33.2. The number of imidazole rings is 1. The number of nitrogens with zero attached hydrogens (tertiary/aromatic N) is 8. The van der Waals surface area contributed by atoms with Gasteiger partial charge in [0.2, 0.25) is 5.82 Å². The highest BCUT2D eigenvalue weighted by Gasteiger charge is 2.41. The summed E-state index contributed by atoms with van der Waals surface area (Å²) in [5.41, 5.74) is 9.55. The number of nitriles is 1. The Balaban J connectivity index is 1.25. The van der Waals surface area contributed by atoms with Gasteiger partial charge in [-0.3, -0.25) is 0 Å². The summed E-state index contributed by atoms with van der Waals surface area (Å²) >= 11 is 3.98. The molecule has 9 rings (SSSR count). The summed E-state index contributed by atoms with van der Waals surface area (Å²) < 4.78 is 8.70. The maximum Gasteiger partial charge on any atom is 0.205 e. The molecule has 0 unspecified atom stereocenters. The van der Waals surface area contributed by atoms with Gasteiger partial charge in [-0.25, -0.2) is 9.97 Å². The Bertz CT molecular complexity index is 2670. The first-order valence-corrected chi connectivity index (χ1v) is 18.4. The molecule has 3 aromatic heterocycles. The van der Waals surface area contributed by atoms with E-state index in [0.29, 0.717) is 30.1 Å². The van der Waals surface area contributed by atoms with Crippen molar-refractivity contribution in [3.8, 4) is 39.7 Å². The van der Waals surface area contributed by atoms with Gasteiger partial charge in [-0.1, -0.05) is 122 Å². The predicted octanol–water partition coefficient (Wildman–Crippen LogP) is 9.53. The van der Waals surface area contributed by atoms with Gasteiger partial charge in [0.1, 0.15) is 23.1 Å². The van der Waals surface area contributed by atoms with Gasteiger partial charge >= 0.3 is 0 Å². The van der Waals surface area contributed by atoms with Gasteiger partial charge in [0.15, 0.2) is 11.2 Å². The van der Waals surface area contributed by atoms with Crippen LogP contribution in [0.2, 0.25) is 0 Å². The van der Waals surface area contributed by atoms with Crippen molar-refractivity contribution in [2.45, 2.75) is 25.4 Å². The Labute approximate surface area is 319 Å². The zero-order valence-corrected chi connectivity index (χ0v) is 30.7. The lowest BCUT2D eigenvalue weighted by Crippen LogP contribution is -2.39. The summed E-state index contributed by atoms with van der Waals surface area (Å²) in [6, 6.07) is 46.8. The largest absolute Gasteiger partial charge is 0.472 e. The van der Waals surface area contributed by atoms with Crippen LogP contribution in [0.25, 0.3) is 44.8 Å². The second-order valence-electron chi connectivity index (χ2n) is 12.9. The minimum atomic E-state index is -0.916. The van der Waals surface area contributed by atoms with Crippen LogP contribution in [0.1, 0.15) is 40.7 Å². The Morgan fingerprint density at radius 1 is 0.722 bits per heavy atom. The molecule has 54 heavy (non-hydrogen) atoms. The molecular weight excluding hydrogens is 736 g/mol. The number of tetrazole rings is 1. The van der Waals surface area contributed by atoms with Crippen molar-refractivity contribution in [1.82, 2.24) is 34.7 Å². The zero-order valence-electron chi connectivity index (χ0n) is 29.1. The highest BCUT2D eigenvalue weighted by atomic mass is 79.9. The predicted molar refractivity (Wildman–Crippen MR) is 211 cm³/mol. The Kier molecular flexibility index (Phi) is 8.41. The number of benzene rings is 4. The monoisotopic (exact) mass is 766 g/mol. The van der Waals surface area contributed by atoms with Gasteiger partial charge in [0.05, 0.1) is 19.1 Å². The molecule has 4 aromatic carbocycles. The van der Waals surface area contributed by atoms with E-state index in [2.05, 4.69) is 76.0 Å². The van der Waals surface area contributed by atoms with Crippen molar-refractivity contribution >= 4 is 27.1 Å². The molecule has 260 valence electrons. The van der Waals surface area contributed by atoms with Crippen LogP contribution in [0.3, 0.4) is 0 Å². The minimum Gasteiger partial charge on any atom is -0.472 e. The average Bonchev–Trinajstić information content (AvgIpc) is 3.94. The summed E-state index contributed by atoms with van der Waals surface area (Å²) in [6.45, 7) is 2.53. The number of aromatic nitrogens is 7. The molecule has 0 bridgehead atoms. The van der Waals surface area contributed by atoms with Crippen LogP contribution in [0.5, 0.6) is 0 Å². The van der Waals surface area contributed by atoms with Crippen LogP contribution in [0, 0.1) is 11.3 Å². The first-order chi connectivity index (χ1) is 26.6. The molecule has 0 amide bonds. The molecule has 1 aliphatic carbocycles. The SMILES string of the molecule is CCc1nc2ccc(C#N)nc2n1Cc1c2ccocc-2c(Br)c1-c1ccccc1-c1nnn(C(c2ccccc2)(c2ccccc2)c2ccccc2)n1. The van der Waals surface area contributed by atoms with E-state index < -0.39 is 5.54 Å². The zero-order chi connectivity index (χ0) is 36.6. The summed E-state index contributed by atoms with van der Waals surface area (Å²) in [7, 11) is 0. The molecule has 10 heteroatoms. The van der Waals surface area contributed by atoms with Gasteiger partial charge in [0.25, 0.3) is 0 Å². The third-order valence-electron chi connectivity index (χ3n) is 10.0. The standard InChI is InChI=1S/C44H31BrN8O/c1-2-39-48-38-23-22-32(26-46)47-43(38)52(39)27-36-33-24-25-54-28-37(33)41(45)40(36)34-20-12-13-21-35(34)42-49-51-53(50-42)44(29-14-6-3-7-15-29,30-16-8-4-9-17-30)31-18-10-5-11-19-31/h3-25,28H,2,27H2,1H3. The maximum atomic E-state index is 9.69. The lowest BCUT2D eigenvalue weighted by atomic mass is 9.77. The molecule has 0 saturated carbocycles. The lowest BCUT2D eigenvalue weighted by molar-refractivity contribution is 0.396. The van der Waals surface area contributed by atoms with Gasteiger partial charge in [0, 0.05) is 27.6 Å². The van der Waals surface area contributed by atoms with Crippen molar-refractivity contribution < 1.29 is 4.42 Å². The molecule has 0 N–H and O–H groups in total. The number of halogens is 1. The molecule has 0 atom stereocenters. The molecule has 0 spiro atoms. The maximum absolute atomic E-state index is 9.69. The quantitative estimate of drug-likeness (QED) is 0.135. The van der Waals surface area contributed by atoms with Crippen LogP contribution >= 0.6 is 15.9 Å². The van der Waals surface area contributed by atoms with Crippen molar-refractivity contribution in [2.24, 2.45) is 0 Å². The topological polar surface area (TPSA) is 111 Å². The number of fused-ring (bicyclic) bond motifs is 2. The van der Waals surface area contributed by atoms with Crippen LogP contribution in [-0.4, -0.2) is 34.7 Å². The van der Waals surface area contributed by atoms with Crippen LogP contribution in [0.4, 0.5) is 0 Å². The Hall–Kier alpha value is -6.70. The summed E-state index contributed by atoms with van der Waals surface area (Å²) in [5.74, 6) is 1.36. The van der Waals surface area contributed by atoms with Gasteiger partial charge in [-0.05, 0) is 72.7 Å². The summed E-state index contributed by atoms with van der Waals surface area (Å²) in [4.78, 5) is 11.3.